The normalized spacial score (nSPS) is 10.6. The molecule has 2 aromatic rings. The van der Waals surface area contributed by atoms with Gasteiger partial charge in [0.15, 0.2) is 5.39 Å². The third kappa shape index (κ3) is 1.05. The second kappa shape index (κ2) is 2.63. The number of rotatable bonds is 0. The van der Waals surface area contributed by atoms with Crippen molar-refractivity contribution in [2.75, 3.05) is 5.73 Å². The Hall–Kier alpha value is -2.24. The van der Waals surface area contributed by atoms with E-state index in [-0.39, 0.29) is 22.3 Å². The molecule has 0 fully saturated rings. The largest absolute Gasteiger partial charge is 0.614 e. The average Bonchev–Trinajstić information content (AvgIpc) is 2.10. The second-order valence-electron chi connectivity index (χ2n) is 2.87. The van der Waals surface area contributed by atoms with Crippen molar-refractivity contribution < 1.29 is 14.6 Å². The van der Waals surface area contributed by atoms with Gasteiger partial charge in [-0.25, -0.2) is 0 Å². The minimum atomic E-state index is -0.149. The molecule has 0 amide bonds. The third-order valence-electron chi connectivity index (χ3n) is 1.92. The Morgan fingerprint density at radius 1 is 1.29 bits per heavy atom. The summed E-state index contributed by atoms with van der Waals surface area (Å²) in [6, 6.07) is 2.73. The van der Waals surface area contributed by atoms with Crippen LogP contribution in [0.3, 0.4) is 0 Å². The zero-order chi connectivity index (χ0) is 10.3. The number of nitrogen functional groups attached to an aromatic ring is 1. The van der Waals surface area contributed by atoms with Crippen molar-refractivity contribution in [3.05, 3.63) is 35.1 Å². The van der Waals surface area contributed by atoms with E-state index in [1.165, 1.54) is 12.1 Å². The third-order valence-corrected chi connectivity index (χ3v) is 1.92. The van der Waals surface area contributed by atoms with E-state index in [4.69, 9.17) is 5.73 Å². The summed E-state index contributed by atoms with van der Waals surface area (Å²) in [6.45, 7) is 0. The maximum absolute atomic E-state index is 11.3. The number of phenolic OH excluding ortho intramolecular Hbond substituents is 1. The van der Waals surface area contributed by atoms with Gasteiger partial charge < -0.3 is 21.3 Å². The topological polar surface area (TPSA) is 100 Å². The lowest BCUT2D eigenvalue weighted by molar-refractivity contribution is -0.730. The Kier molecular flexibility index (Phi) is 1.57. The minimum absolute atomic E-state index is 0.0945. The first kappa shape index (κ1) is 8.36. The molecule has 0 bridgehead atoms. The predicted octanol–water partition coefficient (Wildman–Crippen LogP) is -0.606. The highest BCUT2D eigenvalue weighted by atomic mass is 16.5. The molecular formula is C8H7N3O3. The fourth-order valence-corrected chi connectivity index (χ4v) is 1.31. The van der Waals surface area contributed by atoms with Crippen LogP contribution in [0.2, 0.25) is 0 Å². The first-order valence-corrected chi connectivity index (χ1v) is 3.82. The van der Waals surface area contributed by atoms with Crippen LogP contribution in [0.25, 0.3) is 10.9 Å². The highest BCUT2D eigenvalue weighted by Gasteiger charge is 2.15. The van der Waals surface area contributed by atoms with Gasteiger partial charge in [-0.05, 0) is 12.1 Å². The van der Waals surface area contributed by atoms with Gasteiger partial charge in [-0.15, -0.1) is 9.46 Å². The van der Waals surface area contributed by atoms with Gasteiger partial charge in [0.25, 0.3) is 5.52 Å². The zero-order valence-corrected chi connectivity index (χ0v) is 7.04. The number of aromatic nitrogens is 2. The van der Waals surface area contributed by atoms with Crippen LogP contribution in [0.5, 0.6) is 5.75 Å². The molecule has 3 N–H and O–H groups in total. The van der Waals surface area contributed by atoms with Crippen molar-refractivity contribution in [1.29, 1.82) is 0 Å². The highest BCUT2D eigenvalue weighted by molar-refractivity contribution is 5.90. The van der Waals surface area contributed by atoms with Crippen molar-refractivity contribution >= 4 is 16.6 Å². The Bertz CT molecular complexity index is 513. The lowest BCUT2D eigenvalue weighted by Crippen LogP contribution is -2.40. The number of hydrogen-bond acceptors (Lipinski definition) is 4. The Labute approximate surface area is 78.6 Å². The number of hydrogen-bond donors (Lipinski definition) is 2. The van der Waals surface area contributed by atoms with Crippen LogP contribution in [0, 0.1) is 10.4 Å². The van der Waals surface area contributed by atoms with Gasteiger partial charge in [-0.2, -0.15) is 0 Å². The molecule has 2 rings (SSSR count). The fraction of sp³-hybridized carbons (Fsp3) is 0. The summed E-state index contributed by atoms with van der Waals surface area (Å²) in [4.78, 5) is 0. The molecule has 1 heterocycles. The summed E-state index contributed by atoms with van der Waals surface area (Å²) in [5.41, 5.74) is 5.84. The lowest BCUT2D eigenvalue weighted by atomic mass is 10.2. The van der Waals surface area contributed by atoms with Crippen LogP contribution in [0.4, 0.5) is 5.69 Å². The number of benzene rings is 1. The molecule has 0 aliphatic rings. The highest BCUT2D eigenvalue weighted by Crippen LogP contribution is 2.24. The quantitative estimate of drug-likeness (QED) is 0.252. The van der Waals surface area contributed by atoms with Crippen molar-refractivity contribution in [3.63, 3.8) is 0 Å². The Morgan fingerprint density at radius 2 is 2.00 bits per heavy atom. The van der Waals surface area contributed by atoms with E-state index in [0.29, 0.717) is 9.46 Å². The first-order chi connectivity index (χ1) is 6.59. The molecule has 1 aromatic carbocycles. The van der Waals surface area contributed by atoms with Crippen molar-refractivity contribution in [1.82, 2.24) is 0 Å². The molecule has 72 valence electrons. The summed E-state index contributed by atoms with van der Waals surface area (Å²) in [7, 11) is 0. The number of fused-ring (bicyclic) bond motifs is 1. The van der Waals surface area contributed by atoms with Gasteiger partial charge in [0.05, 0.1) is 0 Å². The molecule has 0 aliphatic heterocycles. The van der Waals surface area contributed by atoms with Crippen LogP contribution < -0.4 is 15.2 Å². The van der Waals surface area contributed by atoms with Gasteiger partial charge in [0.1, 0.15) is 11.4 Å². The summed E-state index contributed by atoms with van der Waals surface area (Å²) in [6.07, 6.45) is 1.88. The van der Waals surface area contributed by atoms with E-state index in [1.807, 2.05) is 0 Å². The van der Waals surface area contributed by atoms with Gasteiger partial charge in [0.2, 0.25) is 6.20 Å². The second-order valence-corrected chi connectivity index (χ2v) is 2.87. The van der Waals surface area contributed by atoms with E-state index in [0.717, 1.165) is 12.5 Å². The molecular weight excluding hydrogens is 186 g/mol. The van der Waals surface area contributed by atoms with Gasteiger partial charge >= 0.3 is 6.33 Å². The van der Waals surface area contributed by atoms with E-state index in [1.54, 1.807) is 0 Å². The summed E-state index contributed by atoms with van der Waals surface area (Å²) >= 11 is 0. The van der Waals surface area contributed by atoms with E-state index < -0.39 is 0 Å². The molecule has 0 unspecified atom stereocenters. The summed E-state index contributed by atoms with van der Waals surface area (Å²) in [5, 5.41) is 31.7. The number of phenols is 1. The number of nitrogens with two attached hydrogens (primary N) is 1. The molecule has 0 aliphatic carbocycles. The molecule has 14 heavy (non-hydrogen) atoms. The van der Waals surface area contributed by atoms with E-state index in [2.05, 4.69) is 0 Å². The number of nitrogens with zero attached hydrogens (tertiary/aromatic N) is 2. The molecule has 0 radical (unpaired) electrons. The maximum Gasteiger partial charge on any atom is 0.430 e. The van der Waals surface area contributed by atoms with Crippen LogP contribution in [-0.4, -0.2) is 5.11 Å². The molecule has 0 saturated carbocycles. The first-order valence-electron chi connectivity index (χ1n) is 3.82. The Morgan fingerprint density at radius 3 is 2.71 bits per heavy atom. The van der Waals surface area contributed by atoms with Crippen molar-refractivity contribution in [2.24, 2.45) is 0 Å². The molecule has 6 nitrogen and oxygen atoms in total. The van der Waals surface area contributed by atoms with Crippen LogP contribution in [-0.2, 0) is 0 Å². The number of anilines is 1. The van der Waals surface area contributed by atoms with E-state index >= 15 is 0 Å². The van der Waals surface area contributed by atoms with E-state index in [9.17, 15) is 15.5 Å². The molecule has 6 heteroatoms. The summed E-state index contributed by atoms with van der Waals surface area (Å²) < 4.78 is 0.645. The molecule has 1 aromatic heterocycles. The van der Waals surface area contributed by atoms with Crippen molar-refractivity contribution in [3.8, 4) is 5.75 Å². The monoisotopic (exact) mass is 193 g/mol. The predicted molar refractivity (Wildman–Crippen MR) is 47.9 cm³/mol. The van der Waals surface area contributed by atoms with Gasteiger partial charge in [0, 0.05) is 0 Å². The molecule has 0 spiro atoms. The van der Waals surface area contributed by atoms with Crippen LogP contribution >= 0.6 is 0 Å². The Balaban J connectivity index is 3.00. The molecule has 0 atom stereocenters. The molecule has 0 saturated heterocycles. The van der Waals surface area contributed by atoms with Crippen molar-refractivity contribution in [2.45, 2.75) is 0 Å². The van der Waals surface area contributed by atoms with Gasteiger partial charge in [-0.1, -0.05) is 0 Å². The number of aromatic hydroxyl groups is 1. The minimum Gasteiger partial charge on any atom is -0.614 e. The van der Waals surface area contributed by atoms with Crippen LogP contribution in [0.15, 0.2) is 24.7 Å². The maximum atomic E-state index is 11.3. The van der Waals surface area contributed by atoms with Crippen LogP contribution in [0.1, 0.15) is 0 Å². The smallest absolute Gasteiger partial charge is 0.430 e. The van der Waals surface area contributed by atoms with Gasteiger partial charge in [-0.3, -0.25) is 0 Å². The summed E-state index contributed by atoms with van der Waals surface area (Å²) in [5.74, 6) is -0.149. The lowest BCUT2D eigenvalue weighted by Gasteiger charge is -2.04. The standard InChI is InChI=1S/C8H7N3O3/c9-6-1-2-7(12)5-3-10(13)4-11(14)8(5)6/h1-4,12H,9H2. The SMILES string of the molecule is Nc1ccc(O)c2c[n+]([O-])c[n+]([O-])c12. The fourth-order valence-electron chi connectivity index (χ4n) is 1.31. The zero-order valence-electron chi connectivity index (χ0n) is 7.04. The average molecular weight is 193 g/mol.